The van der Waals surface area contributed by atoms with Crippen LogP contribution in [0.2, 0.25) is 0 Å². The molecule has 6 nitrogen and oxygen atoms in total. The molecule has 3 rings (SSSR count). The molecule has 0 aromatic carbocycles. The SMILES string of the molecule is CS(=O)(=O)C1CCC(C2CNCC(NCC3CCC(F)CN3)N2)CC1. The van der Waals surface area contributed by atoms with E-state index in [4.69, 9.17) is 0 Å². The Morgan fingerprint density at radius 1 is 1.04 bits per heavy atom. The Hall–Kier alpha value is -0.280. The molecule has 146 valence electrons. The fourth-order valence-electron chi connectivity index (χ4n) is 4.45. The lowest BCUT2D eigenvalue weighted by molar-refractivity contribution is 0.190. The van der Waals surface area contributed by atoms with Gasteiger partial charge in [-0.15, -0.1) is 0 Å². The highest BCUT2D eigenvalue weighted by Gasteiger charge is 2.34. The number of piperazine rings is 1. The van der Waals surface area contributed by atoms with Crippen LogP contribution in [0.1, 0.15) is 38.5 Å². The van der Waals surface area contributed by atoms with Crippen molar-refractivity contribution < 1.29 is 12.8 Å². The number of nitrogens with one attached hydrogen (secondary N) is 4. The molecule has 25 heavy (non-hydrogen) atoms. The van der Waals surface area contributed by atoms with E-state index in [1.807, 2.05) is 0 Å². The zero-order chi connectivity index (χ0) is 17.9. The standard InChI is InChI=1S/C17H33FN4O2S/c1-25(23,24)15-6-2-12(3-7-15)16-10-19-11-17(22-16)21-9-14-5-4-13(18)8-20-14/h12-17,19-22H,2-11H2,1H3. The third-order valence-electron chi connectivity index (χ3n) is 6.09. The van der Waals surface area contributed by atoms with Crippen LogP contribution in [0.3, 0.4) is 0 Å². The number of rotatable bonds is 5. The molecule has 0 spiro atoms. The topological polar surface area (TPSA) is 82.3 Å². The quantitative estimate of drug-likeness (QED) is 0.547. The summed E-state index contributed by atoms with van der Waals surface area (Å²) < 4.78 is 36.6. The zero-order valence-electron chi connectivity index (χ0n) is 15.1. The van der Waals surface area contributed by atoms with Crippen molar-refractivity contribution in [2.24, 2.45) is 5.92 Å². The number of piperidine rings is 1. The highest BCUT2D eigenvalue weighted by Crippen LogP contribution is 2.30. The van der Waals surface area contributed by atoms with Gasteiger partial charge in [0.05, 0.1) is 11.4 Å². The van der Waals surface area contributed by atoms with E-state index in [2.05, 4.69) is 21.3 Å². The van der Waals surface area contributed by atoms with Gasteiger partial charge in [0.25, 0.3) is 0 Å². The molecule has 0 aromatic heterocycles. The highest BCUT2D eigenvalue weighted by molar-refractivity contribution is 7.91. The van der Waals surface area contributed by atoms with Crippen LogP contribution in [0.25, 0.3) is 0 Å². The summed E-state index contributed by atoms with van der Waals surface area (Å²) in [5, 5.41) is 13.9. The van der Waals surface area contributed by atoms with Gasteiger partial charge in [-0.2, -0.15) is 0 Å². The van der Waals surface area contributed by atoms with Gasteiger partial charge < -0.3 is 10.6 Å². The van der Waals surface area contributed by atoms with Gasteiger partial charge in [0, 0.05) is 44.5 Å². The monoisotopic (exact) mass is 376 g/mol. The van der Waals surface area contributed by atoms with E-state index < -0.39 is 16.0 Å². The van der Waals surface area contributed by atoms with E-state index in [1.165, 1.54) is 6.26 Å². The maximum absolute atomic E-state index is 13.2. The molecule has 1 saturated carbocycles. The van der Waals surface area contributed by atoms with Crippen LogP contribution < -0.4 is 21.3 Å². The first-order chi connectivity index (χ1) is 11.9. The molecule has 3 fully saturated rings. The fraction of sp³-hybridized carbons (Fsp3) is 1.00. The Balaban J connectivity index is 1.41. The van der Waals surface area contributed by atoms with Crippen molar-refractivity contribution in [3.8, 4) is 0 Å². The van der Waals surface area contributed by atoms with Gasteiger partial charge >= 0.3 is 0 Å². The average Bonchev–Trinajstić information content (AvgIpc) is 2.61. The van der Waals surface area contributed by atoms with Gasteiger partial charge in [0.15, 0.2) is 0 Å². The predicted molar refractivity (Wildman–Crippen MR) is 98.1 cm³/mol. The van der Waals surface area contributed by atoms with E-state index >= 15 is 0 Å². The van der Waals surface area contributed by atoms with E-state index in [0.29, 0.717) is 31.0 Å². The second-order valence-electron chi connectivity index (χ2n) is 8.04. The largest absolute Gasteiger partial charge is 0.312 e. The molecule has 0 amide bonds. The van der Waals surface area contributed by atoms with E-state index in [1.54, 1.807) is 0 Å². The average molecular weight is 377 g/mol. The van der Waals surface area contributed by atoms with E-state index in [-0.39, 0.29) is 11.4 Å². The van der Waals surface area contributed by atoms with Gasteiger partial charge in [-0.1, -0.05) is 0 Å². The minimum atomic E-state index is -2.90. The number of halogens is 1. The Bertz CT molecular complexity index is 517. The van der Waals surface area contributed by atoms with Crippen LogP contribution in [0.5, 0.6) is 0 Å². The van der Waals surface area contributed by atoms with Crippen LogP contribution >= 0.6 is 0 Å². The van der Waals surface area contributed by atoms with Gasteiger partial charge in [-0.3, -0.25) is 10.6 Å². The molecule has 0 aromatic rings. The van der Waals surface area contributed by atoms with Gasteiger partial charge in [-0.05, 0) is 44.4 Å². The van der Waals surface area contributed by atoms with E-state index in [9.17, 15) is 12.8 Å². The highest BCUT2D eigenvalue weighted by atomic mass is 32.2. The molecule has 0 radical (unpaired) electrons. The van der Waals surface area contributed by atoms with E-state index in [0.717, 1.165) is 51.7 Å². The second-order valence-corrected chi connectivity index (χ2v) is 10.4. The minimum absolute atomic E-state index is 0.147. The normalized spacial score (nSPS) is 40.7. The van der Waals surface area contributed by atoms with Crippen molar-refractivity contribution in [2.75, 3.05) is 32.4 Å². The minimum Gasteiger partial charge on any atom is -0.312 e. The van der Waals surface area contributed by atoms with Crippen molar-refractivity contribution in [3.63, 3.8) is 0 Å². The molecule has 2 saturated heterocycles. The molecule has 2 heterocycles. The fourth-order valence-corrected chi connectivity index (χ4v) is 5.58. The van der Waals surface area contributed by atoms with Crippen molar-refractivity contribution in [1.82, 2.24) is 21.3 Å². The molecular weight excluding hydrogens is 343 g/mol. The first-order valence-corrected chi connectivity index (χ1v) is 11.6. The maximum atomic E-state index is 13.2. The van der Waals surface area contributed by atoms with Crippen LogP contribution in [-0.2, 0) is 9.84 Å². The summed E-state index contributed by atoms with van der Waals surface area (Å²) >= 11 is 0. The summed E-state index contributed by atoms with van der Waals surface area (Å²) in [5.74, 6) is 0.537. The van der Waals surface area contributed by atoms with Gasteiger partial charge in [-0.25, -0.2) is 12.8 Å². The third-order valence-corrected chi connectivity index (χ3v) is 7.77. The molecule has 0 bridgehead atoms. The lowest BCUT2D eigenvalue weighted by Gasteiger charge is -2.40. The Morgan fingerprint density at radius 2 is 1.80 bits per heavy atom. The van der Waals surface area contributed by atoms with Crippen molar-refractivity contribution in [1.29, 1.82) is 0 Å². The number of hydrogen-bond donors (Lipinski definition) is 4. The molecular formula is C17H33FN4O2S. The first-order valence-electron chi connectivity index (χ1n) is 9.68. The maximum Gasteiger partial charge on any atom is 0.150 e. The predicted octanol–water partition coefficient (Wildman–Crippen LogP) is 0.157. The molecule has 3 aliphatic rings. The summed E-state index contributed by atoms with van der Waals surface area (Å²) in [7, 11) is -2.90. The Kier molecular flexibility index (Phi) is 6.71. The molecule has 4 atom stereocenters. The molecule has 4 unspecified atom stereocenters. The third kappa shape index (κ3) is 5.60. The number of hydrogen-bond acceptors (Lipinski definition) is 6. The molecule has 4 N–H and O–H groups in total. The second kappa shape index (κ2) is 8.61. The lowest BCUT2D eigenvalue weighted by Crippen LogP contribution is -2.64. The summed E-state index contributed by atoms with van der Waals surface area (Å²) in [6, 6.07) is 0.737. The van der Waals surface area contributed by atoms with Crippen LogP contribution in [-0.4, -0.2) is 70.5 Å². The first kappa shape index (κ1) is 19.5. The summed E-state index contributed by atoms with van der Waals surface area (Å²) in [4.78, 5) is 0. The van der Waals surface area contributed by atoms with Crippen molar-refractivity contribution >= 4 is 9.84 Å². The van der Waals surface area contributed by atoms with Crippen molar-refractivity contribution in [3.05, 3.63) is 0 Å². The molecule has 1 aliphatic carbocycles. The Morgan fingerprint density at radius 3 is 2.44 bits per heavy atom. The lowest BCUT2D eigenvalue weighted by atomic mass is 9.83. The smallest absolute Gasteiger partial charge is 0.150 e. The van der Waals surface area contributed by atoms with Gasteiger partial charge in [0.1, 0.15) is 16.0 Å². The summed E-state index contributed by atoms with van der Waals surface area (Å²) in [5.41, 5.74) is 0. The number of alkyl halides is 1. The summed E-state index contributed by atoms with van der Waals surface area (Å²) in [6.07, 6.45) is 5.95. The summed E-state index contributed by atoms with van der Waals surface area (Å²) in [6.45, 7) is 3.14. The van der Waals surface area contributed by atoms with Crippen LogP contribution in [0.15, 0.2) is 0 Å². The zero-order valence-corrected chi connectivity index (χ0v) is 16.0. The van der Waals surface area contributed by atoms with Crippen molar-refractivity contribution in [2.45, 2.75) is 68.2 Å². The molecule has 8 heteroatoms. The Labute approximate surface area is 151 Å². The van der Waals surface area contributed by atoms with Gasteiger partial charge in [0.2, 0.25) is 0 Å². The molecule has 2 aliphatic heterocycles. The number of sulfone groups is 1. The van der Waals surface area contributed by atoms with Crippen LogP contribution in [0, 0.1) is 5.92 Å². The van der Waals surface area contributed by atoms with Crippen LogP contribution in [0.4, 0.5) is 4.39 Å².